The van der Waals surface area contributed by atoms with E-state index in [1.54, 1.807) is 18.2 Å². The zero-order valence-corrected chi connectivity index (χ0v) is 8.47. The summed E-state index contributed by atoms with van der Waals surface area (Å²) in [6.45, 7) is 2.74. The summed E-state index contributed by atoms with van der Waals surface area (Å²) in [7, 11) is 0. The predicted octanol–water partition coefficient (Wildman–Crippen LogP) is 2.26. The van der Waals surface area contributed by atoms with Crippen molar-refractivity contribution in [3.8, 4) is 5.75 Å². The Labute approximate surface area is 87.0 Å². The van der Waals surface area contributed by atoms with E-state index in [0.29, 0.717) is 11.3 Å². The van der Waals surface area contributed by atoms with Gasteiger partial charge in [-0.05, 0) is 36.7 Å². The Morgan fingerprint density at radius 1 is 1.64 bits per heavy atom. The van der Waals surface area contributed by atoms with E-state index >= 15 is 0 Å². The SMILES string of the molecule is CC1CNc2ccc(C(=O)Cl)cc2O1. The lowest BCUT2D eigenvalue weighted by atomic mass is 10.1. The average molecular weight is 212 g/mol. The number of fused-ring (bicyclic) bond motifs is 1. The molecular weight excluding hydrogens is 202 g/mol. The van der Waals surface area contributed by atoms with Gasteiger partial charge >= 0.3 is 0 Å². The van der Waals surface area contributed by atoms with Gasteiger partial charge in [0, 0.05) is 5.56 Å². The van der Waals surface area contributed by atoms with Gasteiger partial charge in [0.15, 0.2) is 0 Å². The summed E-state index contributed by atoms with van der Waals surface area (Å²) in [4.78, 5) is 10.9. The first-order chi connectivity index (χ1) is 6.66. The number of halogens is 1. The Balaban J connectivity index is 2.37. The van der Waals surface area contributed by atoms with E-state index in [0.717, 1.165) is 12.2 Å². The number of nitrogens with one attached hydrogen (secondary N) is 1. The molecule has 4 heteroatoms. The molecule has 0 saturated heterocycles. The van der Waals surface area contributed by atoms with Crippen LogP contribution in [0.2, 0.25) is 0 Å². The maximum atomic E-state index is 10.9. The third-order valence-corrected chi connectivity index (χ3v) is 2.33. The van der Waals surface area contributed by atoms with Gasteiger partial charge in [0.2, 0.25) is 0 Å². The lowest BCUT2D eigenvalue weighted by molar-refractivity contribution is 0.108. The second kappa shape index (κ2) is 3.50. The molecule has 1 aliphatic rings. The van der Waals surface area contributed by atoms with Crippen LogP contribution in [0.25, 0.3) is 0 Å². The zero-order valence-electron chi connectivity index (χ0n) is 7.71. The van der Waals surface area contributed by atoms with E-state index in [2.05, 4.69) is 5.32 Å². The minimum Gasteiger partial charge on any atom is -0.487 e. The molecule has 1 atom stereocenters. The molecule has 3 nitrogen and oxygen atoms in total. The number of rotatable bonds is 1. The third-order valence-electron chi connectivity index (χ3n) is 2.12. The van der Waals surface area contributed by atoms with Crippen LogP contribution < -0.4 is 10.1 Å². The Hall–Kier alpha value is -1.22. The molecule has 1 N–H and O–H groups in total. The highest BCUT2D eigenvalue weighted by Gasteiger charge is 2.16. The lowest BCUT2D eigenvalue weighted by Gasteiger charge is -2.24. The minimum atomic E-state index is -0.463. The fourth-order valence-corrected chi connectivity index (χ4v) is 1.52. The standard InChI is InChI=1S/C10H10ClNO2/c1-6-5-12-8-3-2-7(10(11)13)4-9(8)14-6/h2-4,6,12H,5H2,1H3. The first kappa shape index (κ1) is 9.34. The van der Waals surface area contributed by atoms with Gasteiger partial charge < -0.3 is 10.1 Å². The monoisotopic (exact) mass is 211 g/mol. The van der Waals surface area contributed by atoms with Gasteiger partial charge in [-0.25, -0.2) is 0 Å². The summed E-state index contributed by atoms with van der Waals surface area (Å²) >= 11 is 5.37. The number of hydrogen-bond acceptors (Lipinski definition) is 3. The van der Waals surface area contributed by atoms with Gasteiger partial charge in [-0.15, -0.1) is 0 Å². The topological polar surface area (TPSA) is 38.3 Å². The highest BCUT2D eigenvalue weighted by atomic mass is 35.5. The van der Waals surface area contributed by atoms with Crippen molar-refractivity contribution in [2.45, 2.75) is 13.0 Å². The highest BCUT2D eigenvalue weighted by molar-refractivity contribution is 6.67. The van der Waals surface area contributed by atoms with E-state index < -0.39 is 5.24 Å². The largest absolute Gasteiger partial charge is 0.487 e. The van der Waals surface area contributed by atoms with Gasteiger partial charge in [-0.1, -0.05) is 0 Å². The van der Waals surface area contributed by atoms with Crippen LogP contribution in [-0.4, -0.2) is 17.9 Å². The second-order valence-corrected chi connectivity index (χ2v) is 3.64. The van der Waals surface area contributed by atoms with Crippen molar-refractivity contribution in [1.82, 2.24) is 0 Å². The minimum absolute atomic E-state index is 0.114. The third kappa shape index (κ3) is 1.68. The van der Waals surface area contributed by atoms with Crippen molar-refractivity contribution in [2.24, 2.45) is 0 Å². The van der Waals surface area contributed by atoms with Gasteiger partial charge in [0.05, 0.1) is 12.2 Å². The molecule has 1 aliphatic heterocycles. The van der Waals surface area contributed by atoms with Crippen molar-refractivity contribution in [3.63, 3.8) is 0 Å². The summed E-state index contributed by atoms with van der Waals surface area (Å²) in [6.07, 6.45) is 0.114. The van der Waals surface area contributed by atoms with Crippen molar-refractivity contribution in [2.75, 3.05) is 11.9 Å². The molecule has 1 aromatic carbocycles. The lowest BCUT2D eigenvalue weighted by Crippen LogP contribution is -2.27. The van der Waals surface area contributed by atoms with Crippen LogP contribution in [0, 0.1) is 0 Å². The first-order valence-electron chi connectivity index (χ1n) is 4.41. The quantitative estimate of drug-likeness (QED) is 0.725. The van der Waals surface area contributed by atoms with Gasteiger partial charge in [0.1, 0.15) is 11.9 Å². The van der Waals surface area contributed by atoms with Gasteiger partial charge in [-0.3, -0.25) is 4.79 Å². The van der Waals surface area contributed by atoms with E-state index in [-0.39, 0.29) is 6.10 Å². The van der Waals surface area contributed by atoms with Crippen LogP contribution >= 0.6 is 11.6 Å². The van der Waals surface area contributed by atoms with Crippen LogP contribution in [0.1, 0.15) is 17.3 Å². The Morgan fingerprint density at radius 2 is 2.43 bits per heavy atom. The number of ether oxygens (including phenoxy) is 1. The Kier molecular flexibility index (Phi) is 2.33. The molecule has 1 unspecified atom stereocenters. The van der Waals surface area contributed by atoms with Gasteiger partial charge in [-0.2, -0.15) is 0 Å². The van der Waals surface area contributed by atoms with Crippen LogP contribution in [0.15, 0.2) is 18.2 Å². The number of carbonyl (C=O) groups excluding carboxylic acids is 1. The van der Waals surface area contributed by atoms with E-state index in [1.807, 2.05) is 6.92 Å². The molecule has 0 amide bonds. The number of hydrogen-bond donors (Lipinski definition) is 1. The smallest absolute Gasteiger partial charge is 0.252 e. The van der Waals surface area contributed by atoms with Crippen molar-refractivity contribution in [3.05, 3.63) is 23.8 Å². The molecule has 74 valence electrons. The maximum absolute atomic E-state index is 10.9. The Bertz CT molecular complexity index is 378. The zero-order chi connectivity index (χ0) is 10.1. The molecule has 0 radical (unpaired) electrons. The van der Waals surface area contributed by atoms with E-state index in [4.69, 9.17) is 16.3 Å². The normalized spacial score (nSPS) is 19.1. The van der Waals surface area contributed by atoms with Crippen molar-refractivity contribution < 1.29 is 9.53 Å². The summed E-state index contributed by atoms with van der Waals surface area (Å²) in [6, 6.07) is 5.14. The number of benzene rings is 1. The van der Waals surface area contributed by atoms with E-state index in [1.165, 1.54) is 0 Å². The summed E-state index contributed by atoms with van der Waals surface area (Å²) in [5, 5.41) is 2.74. The van der Waals surface area contributed by atoms with Crippen LogP contribution in [0.4, 0.5) is 5.69 Å². The molecule has 1 aromatic rings. The molecule has 0 spiro atoms. The maximum Gasteiger partial charge on any atom is 0.252 e. The highest BCUT2D eigenvalue weighted by Crippen LogP contribution is 2.30. The average Bonchev–Trinajstić information content (AvgIpc) is 2.16. The molecule has 0 fully saturated rings. The molecule has 0 bridgehead atoms. The number of anilines is 1. The summed E-state index contributed by atoms with van der Waals surface area (Å²) < 4.78 is 5.55. The molecule has 0 saturated carbocycles. The predicted molar refractivity (Wildman–Crippen MR) is 55.2 cm³/mol. The fourth-order valence-electron chi connectivity index (χ4n) is 1.40. The molecular formula is C10H10ClNO2. The Morgan fingerprint density at radius 3 is 3.14 bits per heavy atom. The molecule has 2 rings (SSSR count). The van der Waals surface area contributed by atoms with Crippen molar-refractivity contribution >= 4 is 22.5 Å². The molecule has 14 heavy (non-hydrogen) atoms. The first-order valence-corrected chi connectivity index (χ1v) is 4.79. The summed E-state index contributed by atoms with van der Waals surface area (Å²) in [5.41, 5.74) is 1.37. The molecule has 0 aromatic heterocycles. The number of carbonyl (C=O) groups is 1. The van der Waals surface area contributed by atoms with Crippen molar-refractivity contribution in [1.29, 1.82) is 0 Å². The summed E-state index contributed by atoms with van der Waals surface area (Å²) in [5.74, 6) is 0.690. The van der Waals surface area contributed by atoms with Crippen LogP contribution in [-0.2, 0) is 0 Å². The molecule has 1 heterocycles. The van der Waals surface area contributed by atoms with Gasteiger partial charge in [0.25, 0.3) is 5.24 Å². The fraction of sp³-hybridized carbons (Fsp3) is 0.300. The van der Waals surface area contributed by atoms with Crippen LogP contribution in [0.5, 0.6) is 5.75 Å². The van der Waals surface area contributed by atoms with E-state index in [9.17, 15) is 4.79 Å². The molecule has 0 aliphatic carbocycles. The van der Waals surface area contributed by atoms with Crippen LogP contribution in [0.3, 0.4) is 0 Å². The second-order valence-electron chi connectivity index (χ2n) is 3.29.